The minimum Gasteiger partial charge on any atom is -0.497 e. The van der Waals surface area contributed by atoms with E-state index >= 15 is 0 Å². The Morgan fingerprint density at radius 3 is 2.65 bits per heavy atom. The number of nitrogens with one attached hydrogen (secondary N) is 2. The molecule has 0 fully saturated rings. The molecule has 2 aromatic carbocycles. The summed E-state index contributed by atoms with van der Waals surface area (Å²) in [6, 6.07) is 9.10. The maximum absolute atomic E-state index is 13.4. The van der Waals surface area contributed by atoms with Gasteiger partial charge in [-0.15, -0.1) is 0 Å². The minimum atomic E-state index is -0.928. The van der Waals surface area contributed by atoms with Crippen molar-refractivity contribution in [2.24, 2.45) is 0 Å². The van der Waals surface area contributed by atoms with Crippen LogP contribution in [0.25, 0.3) is 0 Å². The lowest BCUT2D eigenvalue weighted by atomic mass is 9.89. The monoisotopic (exact) mass is 378 g/mol. The third-order valence-electron chi connectivity index (χ3n) is 4.16. The number of halogens is 2. The van der Waals surface area contributed by atoms with E-state index < -0.39 is 17.2 Å². The predicted octanol–water partition coefficient (Wildman–Crippen LogP) is 4.56. The summed E-state index contributed by atoms with van der Waals surface area (Å²) in [4.78, 5) is 0. The highest BCUT2D eigenvalue weighted by molar-refractivity contribution is 7.80. The van der Waals surface area contributed by atoms with Crippen LogP contribution in [0.2, 0.25) is 0 Å². The Morgan fingerprint density at radius 1 is 1.19 bits per heavy atom. The van der Waals surface area contributed by atoms with Crippen LogP contribution in [0.3, 0.4) is 0 Å². The van der Waals surface area contributed by atoms with Gasteiger partial charge in [0.15, 0.2) is 16.7 Å². The second-order valence-electron chi connectivity index (χ2n) is 6.75. The van der Waals surface area contributed by atoms with Gasteiger partial charge in [0.2, 0.25) is 0 Å². The summed E-state index contributed by atoms with van der Waals surface area (Å²) < 4.78 is 37.7. The van der Waals surface area contributed by atoms with Crippen LogP contribution >= 0.6 is 12.2 Å². The molecule has 7 heteroatoms. The van der Waals surface area contributed by atoms with Crippen LogP contribution in [-0.4, -0.2) is 17.8 Å². The van der Waals surface area contributed by atoms with E-state index in [9.17, 15) is 8.78 Å². The molecule has 0 radical (unpaired) electrons. The van der Waals surface area contributed by atoms with Gasteiger partial charge in [-0.2, -0.15) is 0 Å². The lowest BCUT2D eigenvalue weighted by molar-refractivity contribution is 0.0693. The van der Waals surface area contributed by atoms with Crippen LogP contribution in [0.4, 0.5) is 14.5 Å². The van der Waals surface area contributed by atoms with E-state index in [0.717, 1.165) is 23.4 Å². The fourth-order valence-corrected chi connectivity index (χ4v) is 3.25. The quantitative estimate of drug-likeness (QED) is 0.767. The zero-order chi connectivity index (χ0) is 18.9. The smallest absolute Gasteiger partial charge is 0.171 e. The Bertz CT molecular complexity index is 842. The van der Waals surface area contributed by atoms with Crippen LogP contribution in [-0.2, 0) is 0 Å². The van der Waals surface area contributed by atoms with Crippen molar-refractivity contribution in [2.75, 3.05) is 12.4 Å². The molecule has 0 spiro atoms. The van der Waals surface area contributed by atoms with E-state index in [-0.39, 0.29) is 6.04 Å². The molecule has 138 valence electrons. The summed E-state index contributed by atoms with van der Waals surface area (Å²) in [5, 5.41) is 6.44. The molecule has 1 unspecified atom stereocenters. The summed E-state index contributed by atoms with van der Waals surface area (Å²) in [5.41, 5.74) is 0.941. The Hall–Kier alpha value is -2.41. The third-order valence-corrected chi connectivity index (χ3v) is 4.38. The molecule has 0 saturated heterocycles. The predicted molar refractivity (Wildman–Crippen MR) is 101 cm³/mol. The number of rotatable bonds is 3. The molecule has 2 N–H and O–H groups in total. The molecule has 1 aliphatic rings. The Kier molecular flexibility index (Phi) is 5.00. The van der Waals surface area contributed by atoms with E-state index in [4.69, 9.17) is 21.7 Å². The molecule has 26 heavy (non-hydrogen) atoms. The molecular weight excluding hydrogens is 358 g/mol. The molecule has 4 nitrogen and oxygen atoms in total. The van der Waals surface area contributed by atoms with Crippen molar-refractivity contribution in [3.8, 4) is 11.5 Å². The summed E-state index contributed by atoms with van der Waals surface area (Å²) in [6.45, 7) is 3.99. The van der Waals surface area contributed by atoms with E-state index in [1.54, 1.807) is 7.11 Å². The van der Waals surface area contributed by atoms with E-state index in [0.29, 0.717) is 23.0 Å². The largest absolute Gasteiger partial charge is 0.497 e. The van der Waals surface area contributed by atoms with Crippen LogP contribution < -0.4 is 20.1 Å². The Balaban J connectivity index is 1.78. The lowest BCUT2D eigenvalue weighted by Gasteiger charge is -2.38. The van der Waals surface area contributed by atoms with Gasteiger partial charge in [-0.25, -0.2) is 8.78 Å². The van der Waals surface area contributed by atoms with E-state index in [1.165, 1.54) is 6.07 Å². The number of fused-ring (bicyclic) bond motifs is 1. The van der Waals surface area contributed by atoms with Crippen molar-refractivity contribution in [1.82, 2.24) is 5.32 Å². The molecule has 0 aromatic heterocycles. The highest BCUT2D eigenvalue weighted by atomic mass is 32.1. The van der Waals surface area contributed by atoms with Crippen molar-refractivity contribution >= 4 is 23.0 Å². The number of methoxy groups -OCH3 is 1. The SMILES string of the molecule is COc1ccc2c(c1)OC(C)(C)CC2NC(=S)Nc1ccc(F)c(F)c1. The van der Waals surface area contributed by atoms with Crippen LogP contribution in [0, 0.1) is 11.6 Å². The van der Waals surface area contributed by atoms with Gasteiger partial charge in [0.05, 0.1) is 13.2 Å². The molecular formula is C19H20F2N2O2S. The second kappa shape index (κ2) is 7.07. The fourth-order valence-electron chi connectivity index (χ4n) is 2.99. The van der Waals surface area contributed by atoms with E-state index in [1.807, 2.05) is 32.0 Å². The van der Waals surface area contributed by atoms with Gasteiger partial charge in [-0.05, 0) is 50.3 Å². The first-order chi connectivity index (χ1) is 12.3. The van der Waals surface area contributed by atoms with Crippen molar-refractivity contribution in [3.63, 3.8) is 0 Å². The summed E-state index contributed by atoms with van der Waals surface area (Å²) >= 11 is 5.34. The van der Waals surface area contributed by atoms with Gasteiger partial charge in [0.25, 0.3) is 0 Å². The first-order valence-electron chi connectivity index (χ1n) is 8.17. The van der Waals surface area contributed by atoms with Gasteiger partial charge in [-0.3, -0.25) is 0 Å². The van der Waals surface area contributed by atoms with E-state index in [2.05, 4.69) is 10.6 Å². The lowest BCUT2D eigenvalue weighted by Crippen LogP contribution is -2.42. The average Bonchev–Trinajstić information content (AvgIpc) is 2.56. The van der Waals surface area contributed by atoms with Crippen LogP contribution in [0.15, 0.2) is 36.4 Å². The standard InChI is InChI=1S/C19H20F2N2O2S/c1-19(2)10-16(13-6-5-12(24-3)9-17(13)25-19)23-18(26)22-11-4-7-14(20)15(21)8-11/h4-9,16H,10H2,1-3H3,(H2,22,23,26). The highest BCUT2D eigenvalue weighted by Gasteiger charge is 2.34. The van der Waals surface area contributed by atoms with Crippen LogP contribution in [0.1, 0.15) is 31.9 Å². The summed E-state index contributed by atoms with van der Waals surface area (Å²) in [6.07, 6.45) is 0.686. The van der Waals surface area contributed by atoms with Gasteiger partial charge < -0.3 is 20.1 Å². The maximum Gasteiger partial charge on any atom is 0.171 e. The highest BCUT2D eigenvalue weighted by Crippen LogP contribution is 2.41. The van der Waals surface area contributed by atoms with Crippen molar-refractivity contribution < 1.29 is 18.3 Å². The number of hydrogen-bond acceptors (Lipinski definition) is 3. The summed E-state index contributed by atoms with van der Waals surface area (Å²) in [5.74, 6) is -0.387. The number of thiocarbonyl (C=S) groups is 1. The maximum atomic E-state index is 13.4. The molecule has 1 heterocycles. The molecule has 0 saturated carbocycles. The van der Waals surface area contributed by atoms with Crippen molar-refractivity contribution in [3.05, 3.63) is 53.6 Å². The molecule has 3 rings (SSSR count). The summed E-state index contributed by atoms with van der Waals surface area (Å²) in [7, 11) is 1.60. The van der Waals surface area contributed by atoms with Gasteiger partial charge in [-0.1, -0.05) is 0 Å². The van der Waals surface area contributed by atoms with Crippen molar-refractivity contribution in [2.45, 2.75) is 31.9 Å². The first-order valence-corrected chi connectivity index (χ1v) is 8.58. The zero-order valence-corrected chi connectivity index (χ0v) is 15.5. The number of benzene rings is 2. The molecule has 0 aliphatic carbocycles. The normalized spacial score (nSPS) is 17.7. The molecule has 2 aromatic rings. The average molecular weight is 378 g/mol. The van der Waals surface area contributed by atoms with Gasteiger partial charge in [0.1, 0.15) is 17.1 Å². The van der Waals surface area contributed by atoms with Crippen LogP contribution in [0.5, 0.6) is 11.5 Å². The minimum absolute atomic E-state index is 0.0926. The van der Waals surface area contributed by atoms with Gasteiger partial charge in [0, 0.05) is 29.8 Å². The molecule has 0 bridgehead atoms. The number of anilines is 1. The third kappa shape index (κ3) is 4.04. The topological polar surface area (TPSA) is 42.5 Å². The first kappa shape index (κ1) is 18.4. The number of ether oxygens (including phenoxy) is 2. The Morgan fingerprint density at radius 2 is 1.96 bits per heavy atom. The second-order valence-corrected chi connectivity index (χ2v) is 7.16. The molecule has 1 atom stereocenters. The van der Waals surface area contributed by atoms with Crippen molar-refractivity contribution in [1.29, 1.82) is 0 Å². The fraction of sp³-hybridized carbons (Fsp3) is 0.316. The van der Waals surface area contributed by atoms with Gasteiger partial charge >= 0.3 is 0 Å². The number of hydrogen-bond donors (Lipinski definition) is 2. The zero-order valence-electron chi connectivity index (χ0n) is 14.7. The molecule has 1 aliphatic heterocycles. The molecule has 0 amide bonds. The Labute approximate surface area is 156 Å².